The first-order valence-electron chi connectivity index (χ1n) is 13.2. The molecule has 0 amide bonds. The Kier molecular flexibility index (Phi) is 10.3. The van der Waals surface area contributed by atoms with Crippen LogP contribution in [0, 0.1) is 0 Å². The van der Waals surface area contributed by atoms with E-state index < -0.39 is 55.3 Å². The quantitative estimate of drug-likeness (QED) is 0.182. The lowest BCUT2D eigenvalue weighted by atomic mass is 9.90. The van der Waals surface area contributed by atoms with Gasteiger partial charge in [-0.15, -0.1) is 0 Å². The summed E-state index contributed by atoms with van der Waals surface area (Å²) in [7, 11) is 4.48. The van der Waals surface area contributed by atoms with Gasteiger partial charge in [0.2, 0.25) is 5.75 Å². The highest BCUT2D eigenvalue weighted by atomic mass is 16.7. The molecule has 13 heteroatoms. The number of hydrogen-bond acceptors (Lipinski definition) is 13. The van der Waals surface area contributed by atoms with E-state index in [0.29, 0.717) is 39.7 Å². The molecule has 0 aliphatic carbocycles. The summed E-state index contributed by atoms with van der Waals surface area (Å²) in [6.45, 7) is 0.330. The van der Waals surface area contributed by atoms with Crippen LogP contribution < -0.4 is 23.7 Å². The Morgan fingerprint density at radius 2 is 1.60 bits per heavy atom. The van der Waals surface area contributed by atoms with E-state index in [0.717, 1.165) is 0 Å². The molecule has 7 atom stereocenters. The predicted octanol–water partition coefficient (Wildman–Crippen LogP) is 0.677. The van der Waals surface area contributed by atoms with Crippen LogP contribution in [0.25, 0.3) is 6.08 Å². The molecule has 0 unspecified atom stereocenters. The van der Waals surface area contributed by atoms with Crippen molar-refractivity contribution in [3.05, 3.63) is 47.0 Å². The number of esters is 1. The first-order chi connectivity index (χ1) is 20.2. The lowest BCUT2D eigenvalue weighted by molar-refractivity contribution is -0.298. The van der Waals surface area contributed by atoms with Gasteiger partial charge in [-0.1, -0.05) is 12.2 Å². The molecular weight excluding hydrogens is 556 g/mol. The number of carbonyl (C=O) groups excluding carboxylic acids is 1. The van der Waals surface area contributed by atoms with E-state index in [4.69, 9.17) is 33.2 Å². The van der Waals surface area contributed by atoms with Crippen LogP contribution in [-0.2, 0) is 14.3 Å². The van der Waals surface area contributed by atoms with Crippen LogP contribution in [0.1, 0.15) is 35.6 Å². The number of benzene rings is 2. The van der Waals surface area contributed by atoms with Gasteiger partial charge in [0.05, 0.1) is 47.1 Å². The van der Waals surface area contributed by atoms with Crippen LogP contribution >= 0.6 is 0 Å². The molecular formula is C29H36O13. The Morgan fingerprint density at radius 1 is 0.905 bits per heavy atom. The second-order valence-electron chi connectivity index (χ2n) is 9.75. The molecule has 0 spiro atoms. The third-order valence-corrected chi connectivity index (χ3v) is 7.10. The topological polar surface area (TPSA) is 183 Å². The van der Waals surface area contributed by atoms with E-state index in [-0.39, 0.29) is 19.0 Å². The lowest BCUT2D eigenvalue weighted by Gasteiger charge is -2.39. The number of aliphatic hydroxyl groups is 5. The van der Waals surface area contributed by atoms with Gasteiger partial charge in [-0.3, -0.25) is 4.79 Å². The molecule has 0 aromatic heterocycles. The zero-order valence-electron chi connectivity index (χ0n) is 23.6. The predicted molar refractivity (Wildman–Crippen MR) is 146 cm³/mol. The third kappa shape index (κ3) is 6.32. The number of aliphatic hydroxyl groups excluding tert-OH is 5. The summed E-state index contributed by atoms with van der Waals surface area (Å²) in [4.78, 5) is 11.9. The Balaban J connectivity index is 1.59. The summed E-state index contributed by atoms with van der Waals surface area (Å²) in [5, 5.41) is 49.8. The number of methoxy groups -OCH3 is 3. The highest BCUT2D eigenvalue weighted by Crippen LogP contribution is 2.52. The average molecular weight is 593 g/mol. The van der Waals surface area contributed by atoms with Gasteiger partial charge in [-0.05, 0) is 29.8 Å². The molecule has 0 saturated carbocycles. The van der Waals surface area contributed by atoms with E-state index in [1.54, 1.807) is 36.4 Å². The van der Waals surface area contributed by atoms with Crippen molar-refractivity contribution in [1.29, 1.82) is 0 Å². The van der Waals surface area contributed by atoms with Gasteiger partial charge in [0, 0.05) is 18.1 Å². The SMILES string of the molecule is COc1cc([C@@H]2Oc3c(OC(C)=O)cc(C=CCO[C@@H]4O[C@H](CO)[C@@H](O)[C@@H](O)[C@@H]4O)cc3[C@@H]2CO)cc(OC)c1OC. The van der Waals surface area contributed by atoms with Crippen molar-refractivity contribution in [3.8, 4) is 28.7 Å². The third-order valence-electron chi connectivity index (χ3n) is 7.10. The summed E-state index contributed by atoms with van der Waals surface area (Å²) >= 11 is 0. The van der Waals surface area contributed by atoms with Crippen LogP contribution in [0.4, 0.5) is 0 Å². The van der Waals surface area contributed by atoms with Crippen LogP contribution in [-0.4, -0.2) is 103 Å². The average Bonchev–Trinajstić information content (AvgIpc) is 3.36. The van der Waals surface area contributed by atoms with E-state index in [2.05, 4.69) is 0 Å². The van der Waals surface area contributed by atoms with Gasteiger partial charge in [-0.25, -0.2) is 0 Å². The molecule has 4 rings (SSSR count). The minimum atomic E-state index is -1.55. The lowest BCUT2D eigenvalue weighted by Crippen LogP contribution is -2.59. The maximum Gasteiger partial charge on any atom is 0.308 e. The molecule has 2 aromatic carbocycles. The Morgan fingerprint density at radius 3 is 2.17 bits per heavy atom. The second-order valence-corrected chi connectivity index (χ2v) is 9.75. The van der Waals surface area contributed by atoms with Gasteiger partial charge >= 0.3 is 5.97 Å². The van der Waals surface area contributed by atoms with Gasteiger partial charge < -0.3 is 58.7 Å². The molecule has 2 aliphatic rings. The fraction of sp³-hybridized carbons (Fsp3) is 0.483. The highest BCUT2D eigenvalue weighted by Gasteiger charge is 2.44. The summed E-state index contributed by atoms with van der Waals surface area (Å²) in [6, 6.07) is 6.83. The van der Waals surface area contributed by atoms with E-state index in [9.17, 15) is 30.3 Å². The van der Waals surface area contributed by atoms with Crippen molar-refractivity contribution in [3.63, 3.8) is 0 Å². The zero-order valence-corrected chi connectivity index (χ0v) is 23.6. The van der Waals surface area contributed by atoms with Gasteiger partial charge in [0.25, 0.3) is 0 Å². The van der Waals surface area contributed by atoms with E-state index in [1.165, 1.54) is 28.3 Å². The van der Waals surface area contributed by atoms with Crippen molar-refractivity contribution in [2.45, 2.75) is 49.7 Å². The molecule has 2 aromatic rings. The number of hydrogen-bond donors (Lipinski definition) is 5. The van der Waals surface area contributed by atoms with Crippen LogP contribution in [0.3, 0.4) is 0 Å². The Bertz CT molecular complexity index is 1250. The Labute approximate surface area is 242 Å². The van der Waals surface area contributed by atoms with Crippen molar-refractivity contribution in [1.82, 2.24) is 0 Å². The number of carbonyl (C=O) groups is 1. The molecule has 2 heterocycles. The largest absolute Gasteiger partial charge is 0.493 e. The van der Waals surface area contributed by atoms with Crippen LogP contribution in [0.15, 0.2) is 30.3 Å². The van der Waals surface area contributed by atoms with Gasteiger partial charge in [-0.2, -0.15) is 0 Å². The van der Waals surface area contributed by atoms with Crippen molar-refractivity contribution in [2.75, 3.05) is 41.2 Å². The van der Waals surface area contributed by atoms with Gasteiger partial charge in [0.15, 0.2) is 29.3 Å². The summed E-state index contributed by atoms with van der Waals surface area (Å²) in [5.74, 6) is 0.567. The van der Waals surface area contributed by atoms with E-state index >= 15 is 0 Å². The highest BCUT2D eigenvalue weighted by molar-refractivity contribution is 5.73. The molecule has 2 aliphatic heterocycles. The van der Waals surface area contributed by atoms with Crippen LogP contribution in [0.5, 0.6) is 28.7 Å². The number of rotatable bonds is 11. The standard InChI is InChI=1S/C29H36O13/c1-14(32)40-21-9-15(6-5-7-39-29-25(35)24(34)23(33)22(13-31)41-29)8-17-18(12-30)26(42-27(17)21)16-10-19(36-2)28(38-4)20(11-16)37-3/h5-6,8-11,18,22-26,29-31,33-35H,7,12-13H2,1-4H3/t18-,22+,23+,24+,25-,26-,29+/m0/s1. The molecule has 0 radical (unpaired) electrons. The van der Waals surface area contributed by atoms with Crippen LogP contribution in [0.2, 0.25) is 0 Å². The van der Waals surface area contributed by atoms with Gasteiger partial charge in [0.1, 0.15) is 30.5 Å². The van der Waals surface area contributed by atoms with Crippen molar-refractivity contribution < 1.29 is 63.5 Å². The minimum Gasteiger partial charge on any atom is -0.493 e. The first-order valence-corrected chi connectivity index (χ1v) is 13.2. The number of fused-ring (bicyclic) bond motifs is 1. The molecule has 5 N–H and O–H groups in total. The molecule has 1 saturated heterocycles. The van der Waals surface area contributed by atoms with E-state index in [1.807, 2.05) is 0 Å². The fourth-order valence-electron chi connectivity index (χ4n) is 5.05. The molecule has 0 bridgehead atoms. The maximum absolute atomic E-state index is 11.9. The van der Waals surface area contributed by atoms with Crippen molar-refractivity contribution >= 4 is 12.0 Å². The Hall–Kier alpha value is -3.43. The first kappa shape index (κ1) is 31.5. The minimum absolute atomic E-state index is 0.0728. The smallest absolute Gasteiger partial charge is 0.308 e. The molecule has 42 heavy (non-hydrogen) atoms. The fourth-order valence-corrected chi connectivity index (χ4v) is 5.05. The normalized spacial score (nSPS) is 26.9. The second kappa shape index (κ2) is 13.7. The monoisotopic (exact) mass is 592 g/mol. The molecule has 1 fully saturated rings. The number of ether oxygens (including phenoxy) is 7. The summed E-state index contributed by atoms with van der Waals surface area (Å²) in [6.07, 6.45) is -4.36. The summed E-state index contributed by atoms with van der Waals surface area (Å²) in [5.41, 5.74) is 1.83. The zero-order chi connectivity index (χ0) is 30.6. The summed E-state index contributed by atoms with van der Waals surface area (Å²) < 4.78 is 38.9. The maximum atomic E-state index is 11.9. The molecule has 230 valence electrons. The van der Waals surface area contributed by atoms with Crippen molar-refractivity contribution in [2.24, 2.45) is 0 Å². The molecule has 13 nitrogen and oxygen atoms in total.